The van der Waals surface area contributed by atoms with Crippen LogP contribution in [0, 0.1) is 11.8 Å². The fourth-order valence-electron chi connectivity index (χ4n) is 2.46. The summed E-state index contributed by atoms with van der Waals surface area (Å²) in [4.78, 5) is 24.8. The molecule has 1 aliphatic rings. The fraction of sp³-hybridized carbons (Fsp3) is 0.846. The molecule has 0 radical (unpaired) electrons. The van der Waals surface area contributed by atoms with Crippen LogP contribution in [0.3, 0.4) is 0 Å². The number of carbonyl (C=O) groups excluding carboxylic acids is 1. The molecule has 1 heterocycles. The van der Waals surface area contributed by atoms with Crippen molar-refractivity contribution in [3.05, 3.63) is 0 Å². The molecular weight excluding hydrogens is 248 g/mol. The molecule has 1 rings (SSSR count). The molecule has 0 saturated carbocycles. The predicted octanol–water partition coefficient (Wildman–Crippen LogP) is 0.898. The summed E-state index contributed by atoms with van der Waals surface area (Å²) in [6.45, 7) is 6.28. The van der Waals surface area contributed by atoms with E-state index in [-0.39, 0.29) is 24.5 Å². The van der Waals surface area contributed by atoms with Crippen molar-refractivity contribution >= 4 is 12.0 Å². The maximum absolute atomic E-state index is 12.1. The third-order valence-corrected chi connectivity index (χ3v) is 3.63. The van der Waals surface area contributed by atoms with Crippen molar-refractivity contribution in [3.63, 3.8) is 0 Å². The number of hydrogen-bond acceptors (Lipinski definition) is 3. The highest BCUT2D eigenvalue weighted by molar-refractivity contribution is 5.82. The van der Waals surface area contributed by atoms with Gasteiger partial charge < -0.3 is 20.4 Å². The van der Waals surface area contributed by atoms with Crippen LogP contribution in [-0.2, 0) is 4.79 Å². The molecule has 3 atom stereocenters. The van der Waals surface area contributed by atoms with Gasteiger partial charge in [0.15, 0.2) is 0 Å². The number of carboxylic acid groups (broad SMARTS) is 1. The molecule has 0 aromatic heterocycles. The Morgan fingerprint density at radius 1 is 1.42 bits per heavy atom. The monoisotopic (exact) mass is 272 g/mol. The molecule has 110 valence electrons. The normalized spacial score (nSPS) is 24.6. The molecule has 0 aliphatic carbocycles. The maximum atomic E-state index is 12.1. The minimum absolute atomic E-state index is 0.0868. The Kier molecular flexibility index (Phi) is 5.60. The predicted molar refractivity (Wildman–Crippen MR) is 70.8 cm³/mol. The van der Waals surface area contributed by atoms with Crippen LogP contribution >= 0.6 is 0 Å². The number of likely N-dealkylation sites (tertiary alicyclic amines) is 1. The molecule has 19 heavy (non-hydrogen) atoms. The number of rotatable bonds is 5. The topological polar surface area (TPSA) is 89.9 Å². The zero-order valence-electron chi connectivity index (χ0n) is 11.8. The van der Waals surface area contributed by atoms with Crippen LogP contribution in [0.15, 0.2) is 0 Å². The number of hydrogen-bond donors (Lipinski definition) is 3. The number of aliphatic carboxylic acids is 1. The van der Waals surface area contributed by atoms with E-state index in [2.05, 4.69) is 5.32 Å². The van der Waals surface area contributed by atoms with Gasteiger partial charge in [-0.3, -0.25) is 0 Å². The first-order chi connectivity index (χ1) is 8.86. The minimum atomic E-state index is -1.02. The third-order valence-electron chi connectivity index (χ3n) is 3.63. The highest BCUT2D eigenvalue weighted by atomic mass is 16.4. The van der Waals surface area contributed by atoms with Gasteiger partial charge >= 0.3 is 12.0 Å². The minimum Gasteiger partial charge on any atom is -0.480 e. The van der Waals surface area contributed by atoms with Crippen molar-refractivity contribution in [2.24, 2.45) is 11.8 Å². The van der Waals surface area contributed by atoms with Crippen molar-refractivity contribution in [3.8, 4) is 0 Å². The summed E-state index contributed by atoms with van der Waals surface area (Å²) in [5, 5.41) is 21.0. The van der Waals surface area contributed by atoms with Crippen LogP contribution in [-0.4, -0.2) is 52.3 Å². The Bertz CT molecular complexity index is 333. The number of carboxylic acids is 1. The molecule has 6 nitrogen and oxygen atoms in total. The van der Waals surface area contributed by atoms with Crippen molar-refractivity contribution in [1.29, 1.82) is 0 Å². The van der Waals surface area contributed by atoms with E-state index in [0.717, 1.165) is 6.42 Å². The Hall–Kier alpha value is -1.30. The number of nitrogens with one attached hydrogen (secondary N) is 1. The second-order valence-corrected chi connectivity index (χ2v) is 5.68. The van der Waals surface area contributed by atoms with Gasteiger partial charge in [-0.2, -0.15) is 0 Å². The van der Waals surface area contributed by atoms with Crippen molar-refractivity contribution < 1.29 is 19.8 Å². The van der Waals surface area contributed by atoms with Crippen LogP contribution in [0.4, 0.5) is 4.79 Å². The van der Waals surface area contributed by atoms with Crippen molar-refractivity contribution in [2.45, 2.75) is 45.7 Å². The Balaban J connectivity index is 2.64. The van der Waals surface area contributed by atoms with E-state index < -0.39 is 18.0 Å². The van der Waals surface area contributed by atoms with Gasteiger partial charge in [-0.05, 0) is 24.7 Å². The number of aliphatic hydroxyl groups excluding tert-OH is 1. The molecule has 2 amide bonds. The Morgan fingerprint density at radius 3 is 2.53 bits per heavy atom. The van der Waals surface area contributed by atoms with E-state index in [4.69, 9.17) is 5.11 Å². The van der Waals surface area contributed by atoms with E-state index in [1.165, 1.54) is 0 Å². The second kappa shape index (κ2) is 6.75. The van der Waals surface area contributed by atoms with E-state index in [0.29, 0.717) is 13.0 Å². The number of carbonyl (C=O) groups is 2. The van der Waals surface area contributed by atoms with E-state index in [1.54, 1.807) is 4.90 Å². The molecule has 0 spiro atoms. The smallest absolute Gasteiger partial charge is 0.326 e. The molecule has 1 saturated heterocycles. The Morgan fingerprint density at radius 2 is 2.05 bits per heavy atom. The molecule has 2 unspecified atom stereocenters. The Labute approximate surface area is 113 Å². The highest BCUT2D eigenvalue weighted by Gasteiger charge is 2.35. The summed E-state index contributed by atoms with van der Waals surface area (Å²) in [6, 6.07) is -1.48. The average molecular weight is 272 g/mol. The van der Waals surface area contributed by atoms with Crippen molar-refractivity contribution in [2.75, 3.05) is 13.2 Å². The molecule has 0 aromatic carbocycles. The lowest BCUT2D eigenvalue weighted by Gasteiger charge is -2.27. The van der Waals surface area contributed by atoms with Gasteiger partial charge in [0.25, 0.3) is 0 Å². The van der Waals surface area contributed by atoms with Gasteiger partial charge in [0.1, 0.15) is 6.04 Å². The highest BCUT2D eigenvalue weighted by Crippen LogP contribution is 2.23. The second-order valence-electron chi connectivity index (χ2n) is 5.68. The van der Waals surface area contributed by atoms with E-state index in [1.807, 2.05) is 20.8 Å². The lowest BCUT2D eigenvalue weighted by Crippen LogP contribution is -2.51. The molecular formula is C13H24N2O4. The summed E-state index contributed by atoms with van der Waals surface area (Å²) in [7, 11) is 0. The third kappa shape index (κ3) is 4.09. The first-order valence-corrected chi connectivity index (χ1v) is 6.77. The van der Waals surface area contributed by atoms with Crippen LogP contribution < -0.4 is 5.32 Å². The lowest BCUT2D eigenvalue weighted by molar-refractivity contribution is -0.139. The number of aliphatic hydroxyl groups is 1. The van der Waals surface area contributed by atoms with Crippen LogP contribution in [0.25, 0.3) is 0 Å². The summed E-state index contributed by atoms with van der Waals surface area (Å²) in [5.74, 6) is -0.591. The summed E-state index contributed by atoms with van der Waals surface area (Å²) in [5.41, 5.74) is 0. The SMILES string of the molecule is CC(C)C[C@@H](NC(=O)N1CCC(C)C1CO)C(=O)O. The maximum Gasteiger partial charge on any atom is 0.326 e. The van der Waals surface area contributed by atoms with E-state index in [9.17, 15) is 14.7 Å². The van der Waals surface area contributed by atoms with Gasteiger partial charge in [-0.1, -0.05) is 20.8 Å². The summed E-state index contributed by atoms with van der Waals surface area (Å²) >= 11 is 0. The average Bonchev–Trinajstić information content (AvgIpc) is 2.68. The number of urea groups is 1. The lowest BCUT2D eigenvalue weighted by atomic mass is 10.0. The van der Waals surface area contributed by atoms with Gasteiger partial charge in [0, 0.05) is 6.54 Å². The largest absolute Gasteiger partial charge is 0.480 e. The summed E-state index contributed by atoms with van der Waals surface area (Å²) < 4.78 is 0. The van der Waals surface area contributed by atoms with Crippen LogP contribution in [0.1, 0.15) is 33.6 Å². The first kappa shape index (κ1) is 15.8. The molecule has 1 fully saturated rings. The van der Waals surface area contributed by atoms with E-state index >= 15 is 0 Å². The zero-order valence-corrected chi connectivity index (χ0v) is 11.8. The molecule has 3 N–H and O–H groups in total. The van der Waals surface area contributed by atoms with Gasteiger partial charge in [0.05, 0.1) is 12.6 Å². The molecule has 0 bridgehead atoms. The number of amides is 2. The zero-order chi connectivity index (χ0) is 14.6. The van der Waals surface area contributed by atoms with Crippen LogP contribution in [0.2, 0.25) is 0 Å². The molecule has 1 aliphatic heterocycles. The standard InChI is InChI=1S/C13H24N2O4/c1-8(2)6-10(12(17)18)14-13(19)15-5-4-9(3)11(15)7-16/h8-11,16H,4-7H2,1-3H3,(H,14,19)(H,17,18)/t9?,10-,11?/m1/s1. The molecule has 0 aromatic rings. The van der Waals surface area contributed by atoms with Crippen molar-refractivity contribution in [1.82, 2.24) is 10.2 Å². The fourth-order valence-corrected chi connectivity index (χ4v) is 2.46. The van der Waals surface area contributed by atoms with Gasteiger partial charge in [-0.25, -0.2) is 9.59 Å². The van der Waals surface area contributed by atoms with Gasteiger partial charge in [0.2, 0.25) is 0 Å². The van der Waals surface area contributed by atoms with Crippen LogP contribution in [0.5, 0.6) is 0 Å². The quantitative estimate of drug-likeness (QED) is 0.693. The molecule has 6 heteroatoms. The number of nitrogens with zero attached hydrogens (tertiary/aromatic N) is 1. The summed E-state index contributed by atoms with van der Waals surface area (Å²) in [6.07, 6.45) is 1.23. The first-order valence-electron chi connectivity index (χ1n) is 6.77. The van der Waals surface area contributed by atoms with Gasteiger partial charge in [-0.15, -0.1) is 0 Å².